The zero-order valence-electron chi connectivity index (χ0n) is 7.90. The van der Waals surface area contributed by atoms with Crippen LogP contribution in [-0.2, 0) is 0 Å². The lowest BCUT2D eigenvalue weighted by Gasteiger charge is -1.98. The number of primary amides is 1. The van der Waals surface area contributed by atoms with Gasteiger partial charge in [0, 0.05) is 4.88 Å². The molecule has 2 atom stereocenters. The van der Waals surface area contributed by atoms with Crippen molar-refractivity contribution in [2.75, 3.05) is 0 Å². The molecule has 1 aromatic heterocycles. The van der Waals surface area contributed by atoms with Crippen LogP contribution in [0.2, 0.25) is 0 Å². The van der Waals surface area contributed by atoms with Gasteiger partial charge in [-0.3, -0.25) is 4.79 Å². The highest BCUT2D eigenvalue weighted by Gasteiger charge is 2.49. The van der Waals surface area contributed by atoms with Gasteiger partial charge in [-0.2, -0.15) is 0 Å². The van der Waals surface area contributed by atoms with E-state index < -0.39 is 0 Å². The summed E-state index contributed by atoms with van der Waals surface area (Å²) < 4.78 is 0. The standard InChI is InChI=1S/C11H13NOS/c12-11(13)7-3-4-14-10(7)9-5-8(9)6-1-2-6/h3-4,6,8-9H,1-2,5H2,(H2,12,13). The van der Waals surface area contributed by atoms with Gasteiger partial charge in [-0.15, -0.1) is 11.3 Å². The van der Waals surface area contributed by atoms with Gasteiger partial charge in [-0.05, 0) is 48.5 Å². The summed E-state index contributed by atoms with van der Waals surface area (Å²) in [5, 5.41) is 1.98. The molecule has 1 heterocycles. The Morgan fingerprint density at radius 3 is 2.93 bits per heavy atom. The first kappa shape index (κ1) is 8.48. The first-order valence-electron chi connectivity index (χ1n) is 5.14. The molecule has 0 aliphatic heterocycles. The molecule has 2 saturated carbocycles. The quantitative estimate of drug-likeness (QED) is 0.812. The number of carbonyl (C=O) groups excluding carboxylic acids is 1. The highest BCUT2D eigenvalue weighted by Crippen LogP contribution is 2.60. The lowest BCUT2D eigenvalue weighted by molar-refractivity contribution is 0.1000. The number of thiophene rings is 1. The topological polar surface area (TPSA) is 43.1 Å². The van der Waals surface area contributed by atoms with E-state index in [1.807, 2.05) is 11.4 Å². The number of amides is 1. The highest BCUT2D eigenvalue weighted by atomic mass is 32.1. The van der Waals surface area contributed by atoms with E-state index in [9.17, 15) is 4.79 Å². The highest BCUT2D eigenvalue weighted by molar-refractivity contribution is 7.10. The summed E-state index contributed by atoms with van der Waals surface area (Å²) in [7, 11) is 0. The first-order chi connectivity index (χ1) is 6.77. The first-order valence-corrected chi connectivity index (χ1v) is 6.02. The number of hydrogen-bond acceptors (Lipinski definition) is 2. The van der Waals surface area contributed by atoms with Gasteiger partial charge in [0.2, 0.25) is 5.91 Å². The largest absolute Gasteiger partial charge is 0.366 e. The number of hydrogen-bond donors (Lipinski definition) is 1. The van der Waals surface area contributed by atoms with E-state index in [0.29, 0.717) is 5.92 Å². The van der Waals surface area contributed by atoms with Crippen molar-refractivity contribution in [3.63, 3.8) is 0 Å². The van der Waals surface area contributed by atoms with Crippen LogP contribution in [0.1, 0.15) is 40.4 Å². The maximum absolute atomic E-state index is 11.1. The van der Waals surface area contributed by atoms with Crippen molar-refractivity contribution in [3.8, 4) is 0 Å². The minimum Gasteiger partial charge on any atom is -0.366 e. The third kappa shape index (κ3) is 1.27. The van der Waals surface area contributed by atoms with Gasteiger partial charge in [0.25, 0.3) is 0 Å². The smallest absolute Gasteiger partial charge is 0.249 e. The van der Waals surface area contributed by atoms with Crippen LogP contribution in [0.25, 0.3) is 0 Å². The van der Waals surface area contributed by atoms with Crippen LogP contribution in [0.5, 0.6) is 0 Å². The van der Waals surface area contributed by atoms with Crippen molar-refractivity contribution in [2.45, 2.75) is 25.2 Å². The maximum Gasteiger partial charge on any atom is 0.249 e. The van der Waals surface area contributed by atoms with Gasteiger partial charge in [0.1, 0.15) is 0 Å². The van der Waals surface area contributed by atoms with Gasteiger partial charge in [0.15, 0.2) is 0 Å². The van der Waals surface area contributed by atoms with Crippen LogP contribution in [0.4, 0.5) is 0 Å². The van der Waals surface area contributed by atoms with E-state index in [-0.39, 0.29) is 5.91 Å². The molecular weight excluding hydrogens is 194 g/mol. The summed E-state index contributed by atoms with van der Waals surface area (Å²) in [6.07, 6.45) is 4.09. The van der Waals surface area contributed by atoms with Gasteiger partial charge < -0.3 is 5.73 Å². The average molecular weight is 207 g/mol. The molecule has 3 rings (SSSR count). The van der Waals surface area contributed by atoms with Crippen LogP contribution in [-0.4, -0.2) is 5.91 Å². The molecule has 1 amide bonds. The van der Waals surface area contributed by atoms with Crippen molar-refractivity contribution in [1.82, 2.24) is 0 Å². The molecule has 74 valence electrons. The monoisotopic (exact) mass is 207 g/mol. The summed E-state index contributed by atoms with van der Waals surface area (Å²) >= 11 is 1.70. The van der Waals surface area contributed by atoms with Crippen LogP contribution < -0.4 is 5.73 Å². The molecule has 2 fully saturated rings. The molecule has 0 bridgehead atoms. The van der Waals surface area contributed by atoms with Crippen LogP contribution in [0, 0.1) is 11.8 Å². The number of carbonyl (C=O) groups is 1. The molecule has 2 aliphatic carbocycles. The van der Waals surface area contributed by atoms with E-state index in [1.54, 1.807) is 11.3 Å². The van der Waals surface area contributed by atoms with E-state index in [2.05, 4.69) is 0 Å². The Morgan fingerprint density at radius 1 is 1.50 bits per heavy atom. The second kappa shape index (κ2) is 2.83. The Kier molecular flexibility index (Phi) is 1.71. The normalized spacial score (nSPS) is 30.3. The lowest BCUT2D eigenvalue weighted by atomic mass is 10.1. The second-order valence-corrected chi connectivity index (χ2v) is 5.35. The van der Waals surface area contributed by atoms with Crippen molar-refractivity contribution < 1.29 is 4.79 Å². The van der Waals surface area contributed by atoms with E-state index in [1.165, 1.54) is 24.1 Å². The van der Waals surface area contributed by atoms with E-state index in [4.69, 9.17) is 5.73 Å². The predicted molar refractivity (Wildman–Crippen MR) is 56.4 cm³/mol. The number of rotatable bonds is 3. The molecule has 2 nitrogen and oxygen atoms in total. The minimum absolute atomic E-state index is 0.261. The van der Waals surface area contributed by atoms with Crippen LogP contribution >= 0.6 is 11.3 Å². The Hall–Kier alpha value is -0.830. The fraction of sp³-hybridized carbons (Fsp3) is 0.545. The molecule has 2 unspecified atom stereocenters. The fourth-order valence-corrected chi connectivity index (χ4v) is 3.47. The van der Waals surface area contributed by atoms with E-state index >= 15 is 0 Å². The van der Waals surface area contributed by atoms with E-state index in [0.717, 1.165) is 17.4 Å². The predicted octanol–water partition coefficient (Wildman–Crippen LogP) is 2.36. The van der Waals surface area contributed by atoms with Gasteiger partial charge in [0.05, 0.1) is 5.56 Å². The molecule has 1 aromatic rings. The van der Waals surface area contributed by atoms with Crippen LogP contribution in [0.15, 0.2) is 11.4 Å². The summed E-state index contributed by atoms with van der Waals surface area (Å²) in [6, 6.07) is 1.87. The molecular formula is C11H13NOS. The van der Waals surface area contributed by atoms with Gasteiger partial charge in [-0.25, -0.2) is 0 Å². The third-order valence-electron chi connectivity index (χ3n) is 3.36. The Balaban J connectivity index is 1.83. The summed E-state index contributed by atoms with van der Waals surface area (Å²) in [5.41, 5.74) is 6.10. The SMILES string of the molecule is NC(=O)c1ccsc1C1CC1C1CC1. The van der Waals surface area contributed by atoms with Crippen molar-refractivity contribution in [1.29, 1.82) is 0 Å². The molecule has 14 heavy (non-hydrogen) atoms. The maximum atomic E-state index is 11.1. The van der Waals surface area contributed by atoms with Crippen molar-refractivity contribution in [2.24, 2.45) is 17.6 Å². The molecule has 0 radical (unpaired) electrons. The molecule has 2 aliphatic rings. The zero-order valence-corrected chi connectivity index (χ0v) is 8.72. The third-order valence-corrected chi connectivity index (χ3v) is 4.41. The zero-order chi connectivity index (χ0) is 9.71. The molecule has 0 spiro atoms. The fourth-order valence-electron chi connectivity index (χ4n) is 2.37. The molecule has 0 aromatic carbocycles. The Bertz CT molecular complexity index is 380. The molecule has 0 saturated heterocycles. The molecule has 2 N–H and O–H groups in total. The minimum atomic E-state index is -0.261. The summed E-state index contributed by atoms with van der Waals surface area (Å²) in [5.74, 6) is 2.22. The lowest BCUT2D eigenvalue weighted by Crippen LogP contribution is -2.11. The van der Waals surface area contributed by atoms with Crippen molar-refractivity contribution >= 4 is 17.2 Å². The van der Waals surface area contributed by atoms with Gasteiger partial charge in [-0.1, -0.05) is 0 Å². The Morgan fingerprint density at radius 2 is 2.29 bits per heavy atom. The summed E-state index contributed by atoms with van der Waals surface area (Å²) in [4.78, 5) is 12.4. The average Bonchev–Trinajstić information content (AvgIpc) is 3.02. The molecule has 3 heteroatoms. The van der Waals surface area contributed by atoms with Gasteiger partial charge >= 0.3 is 0 Å². The second-order valence-electron chi connectivity index (χ2n) is 4.41. The Labute approximate surface area is 87.1 Å². The summed E-state index contributed by atoms with van der Waals surface area (Å²) in [6.45, 7) is 0. The van der Waals surface area contributed by atoms with Crippen molar-refractivity contribution in [3.05, 3.63) is 21.9 Å². The number of nitrogens with two attached hydrogens (primary N) is 1. The van der Waals surface area contributed by atoms with Crippen LogP contribution in [0.3, 0.4) is 0 Å².